The van der Waals surface area contributed by atoms with Crippen molar-refractivity contribution < 1.29 is 8.78 Å². The normalized spacial score (nSPS) is 10.1. The first-order valence-electron chi connectivity index (χ1n) is 3.20. The van der Waals surface area contributed by atoms with Gasteiger partial charge >= 0.3 is 0 Å². The summed E-state index contributed by atoms with van der Waals surface area (Å²) in [5.74, 6) is 0. The number of nitrogens with two attached hydrogens (primary N) is 1. The van der Waals surface area contributed by atoms with Crippen molar-refractivity contribution in [3.05, 3.63) is 22.5 Å². The lowest BCUT2D eigenvalue weighted by atomic mass is 10.1. The highest BCUT2D eigenvalue weighted by atomic mass is 35.5. The molecule has 1 aromatic rings. The van der Waals surface area contributed by atoms with E-state index in [0.717, 1.165) is 6.20 Å². The lowest BCUT2D eigenvalue weighted by molar-refractivity contribution is 0.152. The number of hydrogen-bond acceptors (Lipinski definition) is 3. The average molecular weight is 204 g/mol. The molecule has 3 nitrogen and oxygen atoms in total. The molecule has 1 aromatic heterocycles. The molecule has 0 aliphatic rings. The second-order valence-electron chi connectivity index (χ2n) is 2.20. The number of pyridine rings is 1. The van der Waals surface area contributed by atoms with Crippen molar-refractivity contribution in [3.63, 3.8) is 0 Å². The molecule has 0 bridgehead atoms. The van der Waals surface area contributed by atoms with Crippen molar-refractivity contribution in [3.8, 4) is 6.07 Å². The Morgan fingerprint density at radius 3 is 2.69 bits per heavy atom. The summed E-state index contributed by atoms with van der Waals surface area (Å²) >= 11 is 5.41. The van der Waals surface area contributed by atoms with Crippen molar-refractivity contribution >= 4 is 17.3 Å². The third-order valence-electron chi connectivity index (χ3n) is 1.45. The average Bonchev–Trinajstić information content (AvgIpc) is 2.08. The van der Waals surface area contributed by atoms with Crippen LogP contribution in [0.2, 0.25) is 5.15 Å². The first-order valence-corrected chi connectivity index (χ1v) is 3.57. The zero-order chi connectivity index (χ0) is 10.0. The Kier molecular flexibility index (Phi) is 2.63. The van der Waals surface area contributed by atoms with Crippen molar-refractivity contribution in [1.29, 1.82) is 5.26 Å². The zero-order valence-electron chi connectivity index (χ0n) is 6.26. The molecule has 1 heterocycles. The van der Waals surface area contributed by atoms with Crippen LogP contribution in [-0.4, -0.2) is 4.98 Å². The molecule has 1 rings (SSSR count). The topological polar surface area (TPSA) is 62.7 Å². The van der Waals surface area contributed by atoms with Gasteiger partial charge in [-0.1, -0.05) is 11.6 Å². The first-order chi connectivity index (χ1) is 6.07. The predicted octanol–water partition coefficient (Wildman–Crippen LogP) is 2.13. The van der Waals surface area contributed by atoms with Crippen LogP contribution in [-0.2, 0) is 0 Å². The largest absolute Gasteiger partial charge is 0.396 e. The van der Waals surface area contributed by atoms with Gasteiger partial charge in [0.2, 0.25) is 0 Å². The molecule has 0 atom stereocenters. The van der Waals surface area contributed by atoms with Gasteiger partial charge in [0.05, 0.1) is 16.8 Å². The molecule has 68 valence electrons. The van der Waals surface area contributed by atoms with E-state index in [2.05, 4.69) is 4.98 Å². The summed E-state index contributed by atoms with van der Waals surface area (Å²) in [5, 5.41) is 8.25. The molecular weight excluding hydrogens is 200 g/mol. The Morgan fingerprint density at radius 1 is 1.62 bits per heavy atom. The summed E-state index contributed by atoms with van der Waals surface area (Å²) in [6.45, 7) is 0. The molecule has 13 heavy (non-hydrogen) atoms. The monoisotopic (exact) mass is 203 g/mol. The Hall–Kier alpha value is -1.41. The molecule has 6 heteroatoms. The van der Waals surface area contributed by atoms with E-state index in [0.29, 0.717) is 0 Å². The molecule has 0 spiro atoms. The number of alkyl halides is 2. The Morgan fingerprint density at radius 2 is 2.23 bits per heavy atom. The van der Waals surface area contributed by atoms with Gasteiger partial charge in [0.15, 0.2) is 5.15 Å². The van der Waals surface area contributed by atoms with E-state index in [4.69, 9.17) is 22.6 Å². The molecule has 0 aliphatic carbocycles. The van der Waals surface area contributed by atoms with Crippen LogP contribution in [0.15, 0.2) is 6.20 Å². The highest BCUT2D eigenvalue weighted by Crippen LogP contribution is 2.31. The van der Waals surface area contributed by atoms with E-state index >= 15 is 0 Å². The number of nitrogens with zero attached hydrogens (tertiary/aromatic N) is 2. The quantitative estimate of drug-likeness (QED) is 0.711. The maximum atomic E-state index is 12.3. The van der Waals surface area contributed by atoms with E-state index in [1.165, 1.54) is 0 Å². The maximum Gasteiger partial charge on any atom is 0.267 e. The standard InChI is InChI=1S/C7H4ClF2N3/c8-6-5(12)4(7(9)10)3(1-11)2-13-6/h2,7H,12H2. The lowest BCUT2D eigenvalue weighted by Crippen LogP contribution is -2.01. The Labute approximate surface area is 77.7 Å². The van der Waals surface area contributed by atoms with Gasteiger partial charge in [-0.25, -0.2) is 13.8 Å². The van der Waals surface area contributed by atoms with Crippen molar-refractivity contribution in [2.75, 3.05) is 5.73 Å². The smallest absolute Gasteiger partial charge is 0.267 e. The van der Waals surface area contributed by atoms with Crippen LogP contribution in [0.1, 0.15) is 17.6 Å². The van der Waals surface area contributed by atoms with Crippen LogP contribution >= 0.6 is 11.6 Å². The fourth-order valence-electron chi connectivity index (χ4n) is 0.841. The number of rotatable bonds is 1. The zero-order valence-corrected chi connectivity index (χ0v) is 7.02. The van der Waals surface area contributed by atoms with Crippen LogP contribution < -0.4 is 5.73 Å². The number of hydrogen-bond donors (Lipinski definition) is 1. The summed E-state index contributed by atoms with van der Waals surface area (Å²) in [7, 11) is 0. The molecule has 0 unspecified atom stereocenters. The predicted molar refractivity (Wildman–Crippen MR) is 43.3 cm³/mol. The number of halogens is 3. The fourth-order valence-corrected chi connectivity index (χ4v) is 0.991. The minimum absolute atomic E-state index is 0.214. The summed E-state index contributed by atoms with van der Waals surface area (Å²) in [5.41, 5.74) is 4.09. The second kappa shape index (κ2) is 3.54. The van der Waals surface area contributed by atoms with Gasteiger partial charge in [-0.2, -0.15) is 5.26 Å². The molecule has 0 fully saturated rings. The Bertz CT molecular complexity index is 373. The molecule has 0 radical (unpaired) electrons. The summed E-state index contributed by atoms with van der Waals surface area (Å²) in [6, 6.07) is 1.56. The van der Waals surface area contributed by atoms with Crippen molar-refractivity contribution in [1.82, 2.24) is 4.98 Å². The summed E-state index contributed by atoms with van der Waals surface area (Å²) < 4.78 is 24.7. The van der Waals surface area contributed by atoms with Gasteiger partial charge in [-0.05, 0) is 0 Å². The maximum absolute atomic E-state index is 12.3. The van der Waals surface area contributed by atoms with Gasteiger partial charge in [0.1, 0.15) is 6.07 Å². The summed E-state index contributed by atoms with van der Waals surface area (Å²) in [4.78, 5) is 3.48. The molecule has 0 aliphatic heterocycles. The van der Waals surface area contributed by atoms with Gasteiger partial charge in [-0.15, -0.1) is 0 Å². The minimum Gasteiger partial charge on any atom is -0.396 e. The molecule has 0 amide bonds. The number of nitrogen functional groups attached to an aromatic ring is 1. The third kappa shape index (κ3) is 1.68. The Balaban J connectivity index is 3.43. The van der Waals surface area contributed by atoms with E-state index < -0.39 is 12.0 Å². The molecule has 0 aromatic carbocycles. The minimum atomic E-state index is -2.82. The van der Waals surface area contributed by atoms with Crippen LogP contribution in [0.4, 0.5) is 14.5 Å². The lowest BCUT2D eigenvalue weighted by Gasteiger charge is -2.06. The van der Waals surface area contributed by atoms with Crippen molar-refractivity contribution in [2.45, 2.75) is 6.43 Å². The first kappa shape index (κ1) is 9.68. The van der Waals surface area contributed by atoms with Crippen LogP contribution in [0.5, 0.6) is 0 Å². The highest BCUT2D eigenvalue weighted by Gasteiger charge is 2.19. The van der Waals surface area contributed by atoms with Gasteiger partial charge in [0, 0.05) is 6.20 Å². The number of nitriles is 1. The van der Waals surface area contributed by atoms with Crippen LogP contribution in [0, 0.1) is 11.3 Å². The molecule has 0 saturated heterocycles. The van der Waals surface area contributed by atoms with Crippen LogP contribution in [0.25, 0.3) is 0 Å². The molecule has 2 N–H and O–H groups in total. The van der Waals surface area contributed by atoms with Gasteiger partial charge < -0.3 is 5.73 Å². The van der Waals surface area contributed by atoms with Gasteiger partial charge in [0.25, 0.3) is 6.43 Å². The third-order valence-corrected chi connectivity index (χ3v) is 1.75. The number of aromatic nitrogens is 1. The van der Waals surface area contributed by atoms with E-state index in [9.17, 15) is 8.78 Å². The molecule has 0 saturated carbocycles. The van der Waals surface area contributed by atoms with E-state index in [1.54, 1.807) is 6.07 Å². The van der Waals surface area contributed by atoms with E-state index in [1.807, 2.05) is 0 Å². The second-order valence-corrected chi connectivity index (χ2v) is 2.56. The van der Waals surface area contributed by atoms with E-state index in [-0.39, 0.29) is 16.4 Å². The van der Waals surface area contributed by atoms with Crippen LogP contribution in [0.3, 0.4) is 0 Å². The van der Waals surface area contributed by atoms with Crippen molar-refractivity contribution in [2.24, 2.45) is 0 Å². The molecular formula is C7H4ClF2N3. The SMILES string of the molecule is N#Cc1cnc(Cl)c(N)c1C(F)F. The summed E-state index contributed by atoms with van der Waals surface area (Å²) in [6.07, 6.45) is -1.85. The fraction of sp³-hybridized carbons (Fsp3) is 0.143. The number of anilines is 1. The highest BCUT2D eigenvalue weighted by molar-refractivity contribution is 6.32. The van der Waals surface area contributed by atoms with Gasteiger partial charge in [-0.3, -0.25) is 0 Å².